The molecule has 1 aliphatic carbocycles. The van der Waals surface area contributed by atoms with E-state index in [1.807, 2.05) is 6.07 Å². The molecule has 2 N–H and O–H groups in total. The van der Waals surface area contributed by atoms with Gasteiger partial charge in [-0.25, -0.2) is 13.1 Å². The van der Waals surface area contributed by atoms with Crippen molar-refractivity contribution < 1.29 is 8.42 Å². The normalized spacial score (nSPS) is 16.8. The van der Waals surface area contributed by atoms with Crippen molar-refractivity contribution in [2.24, 2.45) is 0 Å². The second kappa shape index (κ2) is 6.35. The third kappa shape index (κ3) is 4.27. The van der Waals surface area contributed by atoms with E-state index in [9.17, 15) is 8.42 Å². The van der Waals surface area contributed by atoms with Gasteiger partial charge < -0.3 is 5.32 Å². The smallest absolute Gasteiger partial charge is 0.250 e. The SMILES string of the molecule is CC(C)NCCc1ccc(S(=O)(=O)NC2CCC2)s1. The Bertz CT molecular complexity index is 504. The lowest BCUT2D eigenvalue weighted by atomic mass is 9.94. The van der Waals surface area contributed by atoms with Crippen LogP contribution in [0.3, 0.4) is 0 Å². The van der Waals surface area contributed by atoms with E-state index in [-0.39, 0.29) is 6.04 Å². The van der Waals surface area contributed by atoms with Crippen LogP contribution in [0.1, 0.15) is 38.0 Å². The average Bonchev–Trinajstić information content (AvgIpc) is 2.73. The summed E-state index contributed by atoms with van der Waals surface area (Å²) in [6.07, 6.45) is 3.94. The van der Waals surface area contributed by atoms with Crippen LogP contribution in [0.4, 0.5) is 0 Å². The first-order valence-electron chi connectivity index (χ1n) is 6.82. The summed E-state index contributed by atoms with van der Waals surface area (Å²) in [5, 5.41) is 3.33. The third-order valence-electron chi connectivity index (χ3n) is 3.25. The zero-order valence-corrected chi connectivity index (χ0v) is 13.1. The molecule has 0 spiro atoms. The largest absolute Gasteiger partial charge is 0.314 e. The van der Waals surface area contributed by atoms with E-state index in [4.69, 9.17) is 0 Å². The highest BCUT2D eigenvalue weighted by molar-refractivity contribution is 7.91. The molecule has 1 aromatic heterocycles. The van der Waals surface area contributed by atoms with Crippen LogP contribution in [0.15, 0.2) is 16.3 Å². The van der Waals surface area contributed by atoms with Crippen LogP contribution in [0.5, 0.6) is 0 Å². The molecule has 1 heterocycles. The monoisotopic (exact) mass is 302 g/mol. The highest BCUT2D eigenvalue weighted by atomic mass is 32.2. The van der Waals surface area contributed by atoms with Gasteiger partial charge in [-0.2, -0.15) is 0 Å². The zero-order chi connectivity index (χ0) is 13.9. The number of hydrogen-bond acceptors (Lipinski definition) is 4. The second-order valence-corrected chi connectivity index (χ2v) is 8.44. The van der Waals surface area contributed by atoms with E-state index in [1.165, 1.54) is 11.3 Å². The van der Waals surface area contributed by atoms with E-state index in [0.29, 0.717) is 10.3 Å². The Morgan fingerprint density at radius 1 is 1.37 bits per heavy atom. The molecule has 1 aliphatic rings. The molecule has 2 rings (SSSR count). The van der Waals surface area contributed by atoms with Crippen LogP contribution in [-0.4, -0.2) is 27.0 Å². The summed E-state index contributed by atoms with van der Waals surface area (Å²) in [5.74, 6) is 0. The van der Waals surface area contributed by atoms with Gasteiger partial charge in [-0.1, -0.05) is 20.3 Å². The quantitative estimate of drug-likeness (QED) is 0.811. The third-order valence-corrected chi connectivity index (χ3v) is 6.41. The Balaban J connectivity index is 1.91. The topological polar surface area (TPSA) is 58.2 Å². The van der Waals surface area contributed by atoms with Crippen molar-refractivity contribution in [1.82, 2.24) is 10.0 Å². The predicted octanol–water partition coefficient (Wildman–Crippen LogP) is 2.12. The van der Waals surface area contributed by atoms with Gasteiger partial charge in [-0.3, -0.25) is 0 Å². The molecule has 0 saturated heterocycles. The maximum absolute atomic E-state index is 12.1. The molecule has 0 aliphatic heterocycles. The van der Waals surface area contributed by atoms with E-state index >= 15 is 0 Å². The number of sulfonamides is 1. The minimum Gasteiger partial charge on any atom is -0.314 e. The molecule has 6 heteroatoms. The van der Waals surface area contributed by atoms with E-state index in [0.717, 1.165) is 37.1 Å². The van der Waals surface area contributed by atoms with Gasteiger partial charge >= 0.3 is 0 Å². The van der Waals surface area contributed by atoms with Crippen LogP contribution < -0.4 is 10.0 Å². The predicted molar refractivity (Wildman–Crippen MR) is 79.1 cm³/mol. The first kappa shape index (κ1) is 15.0. The molecule has 1 fully saturated rings. The molecule has 0 aromatic carbocycles. The molecular formula is C13H22N2O2S2. The zero-order valence-electron chi connectivity index (χ0n) is 11.5. The summed E-state index contributed by atoms with van der Waals surface area (Å²) in [6.45, 7) is 5.09. The Morgan fingerprint density at radius 2 is 2.11 bits per heavy atom. The van der Waals surface area contributed by atoms with Crippen molar-refractivity contribution in [2.75, 3.05) is 6.54 Å². The standard InChI is InChI=1S/C13H22N2O2S2/c1-10(2)14-9-8-12-6-7-13(18-12)19(16,17)15-11-4-3-5-11/h6-7,10-11,14-15H,3-5,8-9H2,1-2H3. The van der Waals surface area contributed by atoms with Gasteiger partial charge in [0, 0.05) is 23.5 Å². The first-order chi connectivity index (χ1) is 8.97. The highest BCUT2D eigenvalue weighted by Gasteiger charge is 2.25. The summed E-state index contributed by atoms with van der Waals surface area (Å²) >= 11 is 1.38. The molecule has 0 unspecified atom stereocenters. The van der Waals surface area contributed by atoms with Crippen molar-refractivity contribution in [3.8, 4) is 0 Å². The number of nitrogens with one attached hydrogen (secondary N) is 2. The van der Waals surface area contributed by atoms with Crippen LogP contribution in [0.25, 0.3) is 0 Å². The number of thiophene rings is 1. The molecule has 4 nitrogen and oxygen atoms in total. The van der Waals surface area contributed by atoms with Gasteiger partial charge in [-0.15, -0.1) is 11.3 Å². The lowest BCUT2D eigenvalue weighted by Crippen LogP contribution is -2.39. The minimum absolute atomic E-state index is 0.151. The number of rotatable bonds is 7. The average molecular weight is 302 g/mol. The molecular weight excluding hydrogens is 280 g/mol. The summed E-state index contributed by atoms with van der Waals surface area (Å²) in [7, 11) is -3.29. The molecule has 1 saturated carbocycles. The van der Waals surface area contributed by atoms with Crippen molar-refractivity contribution in [1.29, 1.82) is 0 Å². The fourth-order valence-electron chi connectivity index (χ4n) is 1.92. The van der Waals surface area contributed by atoms with E-state index < -0.39 is 10.0 Å². The summed E-state index contributed by atoms with van der Waals surface area (Å²) in [6, 6.07) is 4.25. The van der Waals surface area contributed by atoms with Crippen molar-refractivity contribution in [2.45, 2.75) is 55.8 Å². The van der Waals surface area contributed by atoms with E-state index in [1.54, 1.807) is 6.07 Å². The summed E-state index contributed by atoms with van der Waals surface area (Å²) in [5.41, 5.74) is 0. The second-order valence-electron chi connectivity index (χ2n) is 5.33. The van der Waals surface area contributed by atoms with Crippen LogP contribution in [-0.2, 0) is 16.4 Å². The molecule has 1 aromatic rings. The molecule has 0 radical (unpaired) electrons. The van der Waals surface area contributed by atoms with Gasteiger partial charge in [0.15, 0.2) is 0 Å². The maximum Gasteiger partial charge on any atom is 0.250 e. The van der Waals surface area contributed by atoms with Crippen LogP contribution >= 0.6 is 11.3 Å². The first-order valence-corrected chi connectivity index (χ1v) is 9.12. The Morgan fingerprint density at radius 3 is 2.68 bits per heavy atom. The summed E-state index contributed by atoms with van der Waals surface area (Å²) in [4.78, 5) is 1.11. The van der Waals surface area contributed by atoms with Gasteiger partial charge in [0.1, 0.15) is 4.21 Å². The molecule has 0 atom stereocenters. The Labute approximate surface area is 119 Å². The fraction of sp³-hybridized carbons (Fsp3) is 0.692. The molecule has 108 valence electrons. The number of hydrogen-bond donors (Lipinski definition) is 2. The van der Waals surface area contributed by atoms with E-state index in [2.05, 4.69) is 23.9 Å². The van der Waals surface area contributed by atoms with Crippen LogP contribution in [0.2, 0.25) is 0 Å². The van der Waals surface area contributed by atoms with Gasteiger partial charge in [-0.05, 0) is 31.4 Å². The Hall–Kier alpha value is -0.430. The molecule has 19 heavy (non-hydrogen) atoms. The van der Waals surface area contributed by atoms with Gasteiger partial charge in [0.2, 0.25) is 10.0 Å². The van der Waals surface area contributed by atoms with Crippen molar-refractivity contribution in [3.05, 3.63) is 17.0 Å². The highest BCUT2D eigenvalue weighted by Crippen LogP contribution is 2.25. The lowest BCUT2D eigenvalue weighted by molar-refractivity contribution is 0.384. The molecule has 0 amide bonds. The van der Waals surface area contributed by atoms with Crippen LogP contribution in [0, 0.1) is 0 Å². The lowest BCUT2D eigenvalue weighted by Gasteiger charge is -2.25. The summed E-state index contributed by atoms with van der Waals surface area (Å²) < 4.78 is 27.4. The molecule has 0 bridgehead atoms. The van der Waals surface area contributed by atoms with Crippen molar-refractivity contribution >= 4 is 21.4 Å². The van der Waals surface area contributed by atoms with Gasteiger partial charge in [0.05, 0.1) is 0 Å². The maximum atomic E-state index is 12.1. The Kier molecular flexibility index (Phi) is 5.00. The minimum atomic E-state index is -3.29. The fourth-order valence-corrected chi connectivity index (χ4v) is 4.60. The van der Waals surface area contributed by atoms with Gasteiger partial charge in [0.25, 0.3) is 0 Å². The van der Waals surface area contributed by atoms with Crippen molar-refractivity contribution in [3.63, 3.8) is 0 Å².